The highest BCUT2D eigenvalue weighted by atomic mass is 35.5. The lowest BCUT2D eigenvalue weighted by molar-refractivity contribution is -0.384. The van der Waals surface area contributed by atoms with E-state index in [1.807, 2.05) is 31.2 Å². The second kappa shape index (κ2) is 8.87. The van der Waals surface area contributed by atoms with E-state index in [0.717, 1.165) is 22.5 Å². The topological polar surface area (TPSA) is 111 Å². The molecule has 0 unspecified atom stereocenters. The Morgan fingerprint density at radius 2 is 1.97 bits per heavy atom. The summed E-state index contributed by atoms with van der Waals surface area (Å²) in [5.41, 5.74) is 1.83. The number of aryl methyl sites for hydroxylation is 1. The predicted octanol–water partition coefficient (Wildman–Crippen LogP) is 3.97. The molecule has 0 aliphatic carbocycles. The van der Waals surface area contributed by atoms with E-state index in [1.165, 1.54) is 25.1 Å². The van der Waals surface area contributed by atoms with Crippen LogP contribution in [-0.4, -0.2) is 27.8 Å². The van der Waals surface area contributed by atoms with Crippen molar-refractivity contribution in [2.75, 3.05) is 0 Å². The number of non-ortho nitro benzene ring substituents is 1. The molecule has 0 saturated carbocycles. The number of nitro groups is 1. The Bertz CT molecular complexity index is 1150. The van der Waals surface area contributed by atoms with Crippen LogP contribution in [0.1, 0.15) is 28.5 Å². The van der Waals surface area contributed by atoms with Crippen LogP contribution in [-0.2, 0) is 16.1 Å². The number of ether oxygens (including phenoxy) is 1. The molecule has 0 aliphatic heterocycles. The van der Waals surface area contributed by atoms with Crippen molar-refractivity contribution < 1.29 is 19.2 Å². The maximum atomic E-state index is 12.3. The van der Waals surface area contributed by atoms with Crippen LogP contribution in [0.5, 0.6) is 0 Å². The van der Waals surface area contributed by atoms with E-state index < -0.39 is 22.8 Å². The summed E-state index contributed by atoms with van der Waals surface area (Å²) in [7, 11) is 0. The monoisotopic (exact) mass is 427 g/mol. The molecular formula is C21H18ClN3O5. The Kier molecular flexibility index (Phi) is 6.27. The average molecular weight is 428 g/mol. The number of fused-ring (bicyclic) bond motifs is 1. The molecule has 0 aliphatic rings. The van der Waals surface area contributed by atoms with Gasteiger partial charge in [-0.1, -0.05) is 35.9 Å². The summed E-state index contributed by atoms with van der Waals surface area (Å²) in [6.45, 7) is 3.16. The van der Waals surface area contributed by atoms with Crippen LogP contribution in [0.4, 0.5) is 5.69 Å². The van der Waals surface area contributed by atoms with Gasteiger partial charge in [0.1, 0.15) is 12.6 Å². The molecule has 1 atom stereocenters. The first-order chi connectivity index (χ1) is 14.3. The zero-order valence-corrected chi connectivity index (χ0v) is 17.0. The van der Waals surface area contributed by atoms with Gasteiger partial charge in [-0.05, 0) is 31.5 Å². The van der Waals surface area contributed by atoms with Crippen molar-refractivity contribution in [3.05, 3.63) is 80.5 Å². The number of carbonyl (C=O) groups excluding carboxylic acids is 2. The minimum atomic E-state index is -0.975. The molecule has 30 heavy (non-hydrogen) atoms. The number of amides is 1. The molecule has 8 nitrogen and oxygen atoms in total. The molecule has 3 aromatic rings. The Balaban J connectivity index is 1.66. The Hall–Kier alpha value is -3.52. The fourth-order valence-corrected chi connectivity index (χ4v) is 3.08. The van der Waals surface area contributed by atoms with Crippen LogP contribution in [0, 0.1) is 17.0 Å². The van der Waals surface area contributed by atoms with E-state index in [4.69, 9.17) is 16.3 Å². The highest BCUT2D eigenvalue weighted by Crippen LogP contribution is 2.27. The second-order valence-corrected chi connectivity index (χ2v) is 7.00. The minimum Gasteiger partial charge on any atom is -0.458 e. The summed E-state index contributed by atoms with van der Waals surface area (Å²) in [5, 5.41) is 14.6. The summed E-state index contributed by atoms with van der Waals surface area (Å²) in [4.78, 5) is 39.3. The van der Waals surface area contributed by atoms with Crippen LogP contribution in [0.15, 0.2) is 48.5 Å². The summed E-state index contributed by atoms with van der Waals surface area (Å²) in [6.07, 6.45) is 0. The number of hydrogen-bond acceptors (Lipinski definition) is 6. The third kappa shape index (κ3) is 4.55. The molecule has 2 aromatic carbocycles. The number of aromatic nitrogens is 1. The molecule has 1 heterocycles. The van der Waals surface area contributed by atoms with Gasteiger partial charge < -0.3 is 10.1 Å². The molecule has 1 aromatic heterocycles. The lowest BCUT2D eigenvalue weighted by Crippen LogP contribution is -2.39. The first kappa shape index (κ1) is 21.2. The van der Waals surface area contributed by atoms with Crippen molar-refractivity contribution in [2.24, 2.45) is 0 Å². The van der Waals surface area contributed by atoms with E-state index in [1.54, 1.807) is 0 Å². The van der Waals surface area contributed by atoms with Gasteiger partial charge in [-0.2, -0.15) is 0 Å². The standard InChI is InChI=1S/C21H18ClN3O5/c1-12-16-8-3-4-9-17(16)24-18(19(12)22)11-30-21(27)13(2)23-20(26)14-6-5-7-15(10-14)25(28)29/h3-10,13H,11H2,1-2H3,(H,23,26)/t13-/m0/s1. The van der Waals surface area contributed by atoms with Gasteiger partial charge in [-0.25, -0.2) is 9.78 Å². The maximum absolute atomic E-state index is 12.3. The number of benzene rings is 2. The van der Waals surface area contributed by atoms with Crippen molar-refractivity contribution in [3.8, 4) is 0 Å². The summed E-state index contributed by atoms with van der Waals surface area (Å²) >= 11 is 6.36. The smallest absolute Gasteiger partial charge is 0.328 e. The Morgan fingerprint density at radius 1 is 1.23 bits per heavy atom. The quantitative estimate of drug-likeness (QED) is 0.362. The van der Waals surface area contributed by atoms with Gasteiger partial charge in [0, 0.05) is 23.1 Å². The van der Waals surface area contributed by atoms with Crippen molar-refractivity contribution in [1.82, 2.24) is 10.3 Å². The van der Waals surface area contributed by atoms with Crippen LogP contribution >= 0.6 is 11.6 Å². The molecule has 9 heteroatoms. The van der Waals surface area contributed by atoms with Crippen LogP contribution in [0.25, 0.3) is 10.9 Å². The number of carbonyl (C=O) groups is 2. The highest BCUT2D eigenvalue weighted by Gasteiger charge is 2.20. The van der Waals surface area contributed by atoms with E-state index in [9.17, 15) is 19.7 Å². The fraction of sp³-hybridized carbons (Fsp3) is 0.190. The van der Waals surface area contributed by atoms with E-state index in [-0.39, 0.29) is 17.9 Å². The number of nitrogens with one attached hydrogen (secondary N) is 1. The van der Waals surface area contributed by atoms with Gasteiger partial charge in [0.25, 0.3) is 11.6 Å². The molecule has 0 radical (unpaired) electrons. The Labute approximate surface area is 177 Å². The van der Waals surface area contributed by atoms with Crippen molar-refractivity contribution in [1.29, 1.82) is 0 Å². The third-order valence-electron chi connectivity index (χ3n) is 4.52. The molecule has 0 bridgehead atoms. The number of esters is 1. The average Bonchev–Trinajstić information content (AvgIpc) is 2.75. The van der Waals surface area contributed by atoms with E-state index in [2.05, 4.69) is 10.3 Å². The number of nitro benzene ring substituents is 1. The lowest BCUT2D eigenvalue weighted by Gasteiger charge is -2.15. The molecule has 154 valence electrons. The normalized spacial score (nSPS) is 11.7. The number of hydrogen-bond donors (Lipinski definition) is 1. The van der Waals surface area contributed by atoms with Crippen molar-refractivity contribution in [2.45, 2.75) is 26.5 Å². The second-order valence-electron chi connectivity index (χ2n) is 6.62. The summed E-state index contributed by atoms with van der Waals surface area (Å²) in [5.74, 6) is -1.31. The number of rotatable bonds is 6. The summed E-state index contributed by atoms with van der Waals surface area (Å²) < 4.78 is 5.26. The minimum absolute atomic E-state index is 0.0683. The first-order valence-electron chi connectivity index (χ1n) is 9.03. The molecule has 0 saturated heterocycles. The summed E-state index contributed by atoms with van der Waals surface area (Å²) in [6, 6.07) is 11.7. The molecular weight excluding hydrogens is 410 g/mol. The molecule has 1 amide bonds. The number of para-hydroxylation sites is 1. The molecule has 0 spiro atoms. The van der Waals surface area contributed by atoms with Crippen LogP contribution < -0.4 is 5.32 Å². The maximum Gasteiger partial charge on any atom is 0.328 e. The van der Waals surface area contributed by atoms with E-state index in [0.29, 0.717) is 10.7 Å². The predicted molar refractivity (Wildman–Crippen MR) is 111 cm³/mol. The van der Waals surface area contributed by atoms with Crippen molar-refractivity contribution >= 4 is 40.1 Å². The van der Waals surface area contributed by atoms with Gasteiger partial charge in [0.05, 0.1) is 21.2 Å². The van der Waals surface area contributed by atoms with Crippen LogP contribution in [0.3, 0.4) is 0 Å². The van der Waals surface area contributed by atoms with E-state index >= 15 is 0 Å². The van der Waals surface area contributed by atoms with Gasteiger partial charge in [0.2, 0.25) is 0 Å². The SMILES string of the molecule is Cc1c(Cl)c(COC(=O)[C@H](C)NC(=O)c2cccc([N+](=O)[O-])c2)nc2ccccc12. The number of halogens is 1. The fourth-order valence-electron chi connectivity index (χ4n) is 2.88. The first-order valence-corrected chi connectivity index (χ1v) is 9.41. The molecule has 3 rings (SSSR count). The molecule has 0 fully saturated rings. The van der Waals surface area contributed by atoms with Crippen LogP contribution in [0.2, 0.25) is 5.02 Å². The number of nitrogens with zero attached hydrogens (tertiary/aromatic N) is 2. The third-order valence-corrected chi connectivity index (χ3v) is 5.02. The largest absolute Gasteiger partial charge is 0.458 e. The van der Waals surface area contributed by atoms with Gasteiger partial charge >= 0.3 is 5.97 Å². The Morgan fingerprint density at radius 3 is 2.70 bits per heavy atom. The zero-order chi connectivity index (χ0) is 21.8. The molecule has 1 N–H and O–H groups in total. The van der Waals surface area contributed by atoms with Gasteiger partial charge in [0.15, 0.2) is 0 Å². The lowest BCUT2D eigenvalue weighted by atomic mass is 10.1. The van der Waals surface area contributed by atoms with Crippen molar-refractivity contribution in [3.63, 3.8) is 0 Å². The number of pyridine rings is 1. The highest BCUT2D eigenvalue weighted by molar-refractivity contribution is 6.32. The zero-order valence-electron chi connectivity index (χ0n) is 16.2. The van der Waals surface area contributed by atoms with Gasteiger partial charge in [-0.15, -0.1) is 0 Å². The van der Waals surface area contributed by atoms with Gasteiger partial charge in [-0.3, -0.25) is 14.9 Å².